The van der Waals surface area contributed by atoms with Crippen LogP contribution < -0.4 is 10.0 Å². The molecule has 1 amide bonds. The van der Waals surface area contributed by atoms with Gasteiger partial charge in [0.15, 0.2) is 0 Å². The zero-order valence-electron chi connectivity index (χ0n) is 11.6. The molecule has 3 N–H and O–H groups in total. The van der Waals surface area contributed by atoms with Crippen LogP contribution >= 0.6 is 0 Å². The molecular weight excluding hydrogens is 300 g/mol. The highest BCUT2D eigenvalue weighted by atomic mass is 32.2. The number of rotatable bonds is 6. The number of hydrogen-bond donors (Lipinski definition) is 3. The number of furan rings is 1. The summed E-state index contributed by atoms with van der Waals surface area (Å²) in [6.07, 6.45) is 1.78. The summed E-state index contributed by atoms with van der Waals surface area (Å²) >= 11 is 0. The Kier molecular flexibility index (Phi) is 4.06. The van der Waals surface area contributed by atoms with Crippen LogP contribution in [0, 0.1) is 13.8 Å². The Balaban J connectivity index is 2.19. The van der Waals surface area contributed by atoms with Crippen molar-refractivity contribution in [3.05, 3.63) is 17.1 Å². The molecule has 0 bridgehead atoms. The highest BCUT2D eigenvalue weighted by Gasteiger charge is 2.31. The topological polar surface area (TPSA) is 126 Å². The van der Waals surface area contributed by atoms with Crippen molar-refractivity contribution in [2.45, 2.75) is 37.6 Å². The Morgan fingerprint density at radius 2 is 1.90 bits per heavy atom. The lowest BCUT2D eigenvalue weighted by molar-refractivity contribution is -0.120. The zero-order valence-corrected chi connectivity index (χ0v) is 12.4. The van der Waals surface area contributed by atoms with Gasteiger partial charge in [-0.15, -0.1) is 0 Å². The molecule has 1 fully saturated rings. The summed E-state index contributed by atoms with van der Waals surface area (Å²) in [4.78, 5) is 22.2. The lowest BCUT2D eigenvalue weighted by Crippen LogP contribution is -2.38. The van der Waals surface area contributed by atoms with Crippen molar-refractivity contribution >= 4 is 21.9 Å². The van der Waals surface area contributed by atoms with Crippen molar-refractivity contribution in [3.8, 4) is 0 Å². The van der Waals surface area contributed by atoms with Crippen LogP contribution in [0.15, 0.2) is 9.31 Å². The summed E-state index contributed by atoms with van der Waals surface area (Å²) in [5.41, 5.74) is -0.414. The van der Waals surface area contributed by atoms with E-state index in [1.807, 2.05) is 0 Å². The minimum absolute atomic E-state index is 0.00260. The average Bonchev–Trinajstić information content (AvgIpc) is 3.10. The second-order valence-electron chi connectivity index (χ2n) is 4.89. The molecule has 0 spiro atoms. The summed E-state index contributed by atoms with van der Waals surface area (Å²) in [5, 5.41) is 11.7. The quantitative estimate of drug-likeness (QED) is 0.686. The van der Waals surface area contributed by atoms with Gasteiger partial charge >= 0.3 is 5.97 Å². The van der Waals surface area contributed by atoms with Crippen LogP contribution in [0.1, 0.15) is 34.7 Å². The van der Waals surface area contributed by atoms with Gasteiger partial charge in [0.25, 0.3) is 0 Å². The van der Waals surface area contributed by atoms with E-state index in [0.717, 1.165) is 12.8 Å². The number of aromatic carboxylic acids is 1. The summed E-state index contributed by atoms with van der Waals surface area (Å²) in [5.74, 6) is -1.87. The number of nitrogens with one attached hydrogen (secondary N) is 2. The second-order valence-corrected chi connectivity index (χ2v) is 6.59. The van der Waals surface area contributed by atoms with E-state index in [4.69, 9.17) is 9.52 Å². The molecule has 21 heavy (non-hydrogen) atoms. The molecule has 2 rings (SSSR count). The molecule has 116 valence electrons. The Hall–Kier alpha value is -1.87. The fourth-order valence-electron chi connectivity index (χ4n) is 1.97. The van der Waals surface area contributed by atoms with Crippen molar-refractivity contribution in [2.24, 2.45) is 0 Å². The number of carboxylic acid groups (broad SMARTS) is 1. The van der Waals surface area contributed by atoms with Crippen LogP contribution in [0.3, 0.4) is 0 Å². The molecule has 0 aromatic carbocycles. The lowest BCUT2D eigenvalue weighted by atomic mass is 10.2. The van der Waals surface area contributed by atoms with Crippen LogP contribution in [-0.2, 0) is 14.8 Å². The first-order valence-corrected chi connectivity index (χ1v) is 7.83. The molecule has 1 aromatic heterocycles. The monoisotopic (exact) mass is 316 g/mol. The van der Waals surface area contributed by atoms with Crippen molar-refractivity contribution in [1.29, 1.82) is 0 Å². The molecule has 9 heteroatoms. The van der Waals surface area contributed by atoms with E-state index in [-0.39, 0.29) is 17.6 Å². The molecule has 1 saturated carbocycles. The third-order valence-electron chi connectivity index (χ3n) is 3.05. The maximum atomic E-state index is 12.2. The fourth-order valence-corrected chi connectivity index (χ4v) is 3.36. The molecule has 0 aliphatic heterocycles. The molecule has 0 atom stereocenters. The molecule has 1 aliphatic carbocycles. The van der Waals surface area contributed by atoms with Crippen molar-refractivity contribution in [3.63, 3.8) is 0 Å². The van der Waals surface area contributed by atoms with E-state index in [9.17, 15) is 18.0 Å². The summed E-state index contributed by atoms with van der Waals surface area (Å²) < 4.78 is 31.5. The van der Waals surface area contributed by atoms with Gasteiger partial charge in [-0.2, -0.15) is 0 Å². The normalized spacial score (nSPS) is 15.0. The Morgan fingerprint density at radius 3 is 2.43 bits per heavy atom. The van der Waals surface area contributed by atoms with Crippen LogP contribution in [0.25, 0.3) is 0 Å². The fraction of sp³-hybridized carbons (Fsp3) is 0.500. The Morgan fingerprint density at radius 1 is 1.29 bits per heavy atom. The van der Waals surface area contributed by atoms with Gasteiger partial charge in [0.1, 0.15) is 22.0 Å². The van der Waals surface area contributed by atoms with E-state index in [1.165, 1.54) is 13.8 Å². The minimum atomic E-state index is -4.14. The molecular formula is C12H16N2O6S. The molecule has 0 saturated heterocycles. The van der Waals surface area contributed by atoms with Gasteiger partial charge in [-0.3, -0.25) is 4.79 Å². The van der Waals surface area contributed by atoms with Gasteiger partial charge in [0, 0.05) is 6.04 Å². The standard InChI is InChI=1S/C12H16N2O6S/c1-6-10(12(16)17)11(7(2)20-6)21(18,19)13-5-9(15)14-8-3-4-8/h8,13H,3-5H2,1-2H3,(H,14,15)(H,16,17). The predicted octanol–water partition coefficient (Wildman–Crippen LogP) is 0.152. The Bertz CT molecular complexity index is 687. The average molecular weight is 316 g/mol. The van der Waals surface area contributed by atoms with Gasteiger partial charge in [0.05, 0.1) is 6.54 Å². The molecule has 1 aliphatic rings. The highest BCUT2D eigenvalue weighted by Crippen LogP contribution is 2.26. The number of hydrogen-bond acceptors (Lipinski definition) is 5. The zero-order chi connectivity index (χ0) is 15.8. The van der Waals surface area contributed by atoms with Gasteiger partial charge in [-0.1, -0.05) is 0 Å². The van der Waals surface area contributed by atoms with E-state index in [1.54, 1.807) is 0 Å². The van der Waals surface area contributed by atoms with Crippen LogP contribution in [0.4, 0.5) is 0 Å². The van der Waals surface area contributed by atoms with Gasteiger partial charge in [-0.25, -0.2) is 17.9 Å². The lowest BCUT2D eigenvalue weighted by Gasteiger charge is -2.07. The maximum absolute atomic E-state index is 12.2. The van der Waals surface area contributed by atoms with Crippen molar-refractivity contribution in [2.75, 3.05) is 6.54 Å². The number of aryl methyl sites for hydroxylation is 2. The first kappa shape index (κ1) is 15.5. The van der Waals surface area contributed by atoms with E-state index in [2.05, 4.69) is 10.0 Å². The number of carbonyl (C=O) groups excluding carboxylic acids is 1. The number of carboxylic acids is 1. The van der Waals surface area contributed by atoms with Crippen molar-refractivity contribution in [1.82, 2.24) is 10.0 Å². The second kappa shape index (κ2) is 5.49. The third-order valence-corrected chi connectivity index (χ3v) is 4.61. The van der Waals surface area contributed by atoms with Crippen LogP contribution in [0.2, 0.25) is 0 Å². The first-order valence-electron chi connectivity index (χ1n) is 6.34. The summed E-state index contributed by atoms with van der Waals surface area (Å²) in [7, 11) is -4.14. The molecule has 8 nitrogen and oxygen atoms in total. The third kappa shape index (κ3) is 3.42. The molecule has 0 unspecified atom stereocenters. The largest absolute Gasteiger partial charge is 0.478 e. The maximum Gasteiger partial charge on any atom is 0.340 e. The number of sulfonamides is 1. The first-order chi connectivity index (χ1) is 9.72. The van der Waals surface area contributed by atoms with Crippen LogP contribution in [0.5, 0.6) is 0 Å². The minimum Gasteiger partial charge on any atom is -0.478 e. The van der Waals surface area contributed by atoms with E-state index < -0.39 is 38.9 Å². The smallest absolute Gasteiger partial charge is 0.340 e. The number of carbonyl (C=O) groups is 2. The predicted molar refractivity (Wildman–Crippen MR) is 71.5 cm³/mol. The van der Waals surface area contributed by atoms with E-state index >= 15 is 0 Å². The van der Waals surface area contributed by atoms with E-state index in [0.29, 0.717) is 0 Å². The van der Waals surface area contributed by atoms with Gasteiger partial charge < -0.3 is 14.8 Å². The van der Waals surface area contributed by atoms with Crippen LogP contribution in [-0.4, -0.2) is 38.0 Å². The number of amides is 1. The SMILES string of the molecule is Cc1oc(C)c(S(=O)(=O)NCC(=O)NC2CC2)c1C(=O)O. The molecule has 1 heterocycles. The molecule has 0 radical (unpaired) electrons. The highest BCUT2D eigenvalue weighted by molar-refractivity contribution is 7.89. The molecule has 1 aromatic rings. The van der Waals surface area contributed by atoms with Crippen molar-refractivity contribution < 1.29 is 27.5 Å². The van der Waals surface area contributed by atoms with Gasteiger partial charge in [-0.05, 0) is 26.7 Å². The van der Waals surface area contributed by atoms with Gasteiger partial charge in [0.2, 0.25) is 15.9 Å². The Labute approximate surface area is 121 Å². The summed E-state index contributed by atoms with van der Waals surface area (Å²) in [6.45, 7) is 2.29. The summed E-state index contributed by atoms with van der Waals surface area (Å²) in [6, 6.07) is 0.120.